The zero-order chi connectivity index (χ0) is 21.4. The Morgan fingerprint density at radius 1 is 0.625 bits per heavy atom. The van der Waals surface area contributed by atoms with Crippen molar-refractivity contribution in [2.24, 2.45) is 0 Å². The van der Waals surface area contributed by atoms with Crippen molar-refractivity contribution in [3.05, 3.63) is 130 Å². The van der Waals surface area contributed by atoms with Gasteiger partial charge in [0.25, 0.3) is 0 Å². The molecule has 0 heteroatoms. The Hall–Kier alpha value is -3.64. The Labute approximate surface area is 189 Å². The van der Waals surface area contributed by atoms with E-state index in [4.69, 9.17) is 0 Å². The summed E-state index contributed by atoms with van der Waals surface area (Å²) in [5.74, 6) is 0.267. The molecule has 0 N–H and O–H groups in total. The first-order valence-electron chi connectivity index (χ1n) is 11.5. The van der Waals surface area contributed by atoms with E-state index in [0.29, 0.717) is 0 Å². The van der Waals surface area contributed by atoms with Gasteiger partial charge in [-0.2, -0.15) is 0 Å². The fourth-order valence-corrected chi connectivity index (χ4v) is 6.11. The molecule has 0 saturated heterocycles. The van der Waals surface area contributed by atoms with Crippen LogP contribution >= 0.6 is 0 Å². The van der Waals surface area contributed by atoms with Gasteiger partial charge in [-0.25, -0.2) is 0 Å². The molecule has 0 radical (unpaired) electrons. The standard InChI is InChI=1S/C32H24/c1-19-11-14-21(15-12-19)29-27-17-20(2)13-16-26(27)32-30-23-8-4-3-7-22(23)18-28(30)24-9-5-6-10-25(24)31(29)32/h3-17,29H,18H2,1-2H3. The van der Waals surface area contributed by atoms with E-state index in [0.717, 1.165) is 6.42 Å². The zero-order valence-corrected chi connectivity index (χ0v) is 18.4. The second-order valence-corrected chi connectivity index (χ2v) is 9.46. The lowest BCUT2D eigenvalue weighted by molar-refractivity contribution is 1.02. The topological polar surface area (TPSA) is 0 Å². The summed E-state index contributed by atoms with van der Waals surface area (Å²) < 4.78 is 0. The fourth-order valence-electron chi connectivity index (χ4n) is 6.11. The van der Waals surface area contributed by atoms with Crippen molar-refractivity contribution >= 4 is 10.8 Å². The molecule has 0 bridgehead atoms. The highest BCUT2D eigenvalue weighted by Crippen LogP contribution is 2.57. The van der Waals surface area contributed by atoms with Crippen molar-refractivity contribution in [3.63, 3.8) is 0 Å². The summed E-state index contributed by atoms with van der Waals surface area (Å²) in [5, 5.41) is 2.83. The highest BCUT2D eigenvalue weighted by Gasteiger charge is 2.37. The van der Waals surface area contributed by atoms with Crippen LogP contribution in [0.15, 0.2) is 91.0 Å². The summed E-state index contributed by atoms with van der Waals surface area (Å²) in [6.07, 6.45) is 1.02. The van der Waals surface area contributed by atoms with Crippen LogP contribution in [0.1, 0.15) is 44.9 Å². The highest BCUT2D eigenvalue weighted by molar-refractivity contribution is 6.09. The van der Waals surface area contributed by atoms with E-state index < -0.39 is 0 Å². The largest absolute Gasteiger partial charge is 0.0619 e. The maximum Gasteiger partial charge on any atom is 0.0358 e. The van der Waals surface area contributed by atoms with Gasteiger partial charge in [-0.3, -0.25) is 0 Å². The van der Waals surface area contributed by atoms with E-state index in [1.54, 1.807) is 0 Å². The van der Waals surface area contributed by atoms with Gasteiger partial charge in [-0.05, 0) is 81.1 Å². The zero-order valence-electron chi connectivity index (χ0n) is 18.4. The molecular formula is C32H24. The number of benzene rings is 5. The SMILES string of the molecule is Cc1ccc(C2c3cc(C)ccc3-c3c4c(c5ccccc5c32)Cc2ccccc2-4)cc1. The van der Waals surface area contributed by atoms with Crippen LogP contribution in [0.2, 0.25) is 0 Å². The maximum absolute atomic E-state index is 2.42. The van der Waals surface area contributed by atoms with E-state index in [2.05, 4.69) is 105 Å². The van der Waals surface area contributed by atoms with Crippen LogP contribution in [-0.2, 0) is 6.42 Å². The second kappa shape index (κ2) is 6.43. The van der Waals surface area contributed by atoms with Gasteiger partial charge in [-0.15, -0.1) is 0 Å². The molecule has 2 aliphatic rings. The molecule has 5 aromatic rings. The van der Waals surface area contributed by atoms with Gasteiger partial charge in [0.2, 0.25) is 0 Å². The average molecular weight is 409 g/mol. The van der Waals surface area contributed by atoms with Crippen LogP contribution in [0.4, 0.5) is 0 Å². The minimum Gasteiger partial charge on any atom is -0.0619 e. The molecule has 0 aliphatic heterocycles. The van der Waals surface area contributed by atoms with Gasteiger partial charge in [0.15, 0.2) is 0 Å². The number of aryl methyl sites for hydroxylation is 2. The Kier molecular flexibility index (Phi) is 3.62. The Morgan fingerprint density at radius 2 is 1.34 bits per heavy atom. The lowest BCUT2D eigenvalue weighted by Gasteiger charge is -2.19. The molecule has 32 heavy (non-hydrogen) atoms. The molecule has 2 aliphatic carbocycles. The molecule has 5 aromatic carbocycles. The smallest absolute Gasteiger partial charge is 0.0358 e. The molecule has 0 aromatic heterocycles. The van der Waals surface area contributed by atoms with E-state index in [9.17, 15) is 0 Å². The van der Waals surface area contributed by atoms with Gasteiger partial charge in [0, 0.05) is 5.92 Å². The second-order valence-electron chi connectivity index (χ2n) is 9.46. The monoisotopic (exact) mass is 408 g/mol. The van der Waals surface area contributed by atoms with Crippen molar-refractivity contribution in [2.45, 2.75) is 26.2 Å². The van der Waals surface area contributed by atoms with E-state index in [-0.39, 0.29) is 5.92 Å². The summed E-state index contributed by atoms with van der Waals surface area (Å²) in [6, 6.07) is 34.3. The lowest BCUT2D eigenvalue weighted by atomic mass is 9.83. The van der Waals surface area contributed by atoms with Crippen molar-refractivity contribution in [1.82, 2.24) is 0 Å². The predicted molar refractivity (Wildman–Crippen MR) is 134 cm³/mol. The van der Waals surface area contributed by atoms with Crippen molar-refractivity contribution in [2.75, 3.05) is 0 Å². The Bertz CT molecular complexity index is 1550. The number of hydrogen-bond donors (Lipinski definition) is 0. The molecule has 7 rings (SSSR count). The van der Waals surface area contributed by atoms with E-state index >= 15 is 0 Å². The lowest BCUT2D eigenvalue weighted by Crippen LogP contribution is -2.01. The minimum absolute atomic E-state index is 0.267. The quantitative estimate of drug-likeness (QED) is 0.257. The number of fused-ring (bicyclic) bond motifs is 10. The third-order valence-corrected chi connectivity index (χ3v) is 7.50. The minimum atomic E-state index is 0.267. The summed E-state index contributed by atoms with van der Waals surface area (Å²) in [7, 11) is 0. The van der Waals surface area contributed by atoms with Crippen LogP contribution in [-0.4, -0.2) is 0 Å². The summed E-state index contributed by atoms with van der Waals surface area (Å²) in [6.45, 7) is 4.39. The molecule has 0 spiro atoms. The molecule has 0 fully saturated rings. The highest BCUT2D eigenvalue weighted by atomic mass is 14.4. The van der Waals surface area contributed by atoms with Gasteiger partial charge in [0.05, 0.1) is 0 Å². The van der Waals surface area contributed by atoms with Gasteiger partial charge >= 0.3 is 0 Å². The van der Waals surface area contributed by atoms with Gasteiger partial charge in [-0.1, -0.05) is 102 Å². The van der Waals surface area contributed by atoms with Crippen LogP contribution in [0.3, 0.4) is 0 Å². The number of hydrogen-bond acceptors (Lipinski definition) is 0. The van der Waals surface area contributed by atoms with Crippen molar-refractivity contribution in [1.29, 1.82) is 0 Å². The van der Waals surface area contributed by atoms with E-state index in [1.807, 2.05) is 0 Å². The first-order chi connectivity index (χ1) is 15.7. The van der Waals surface area contributed by atoms with E-state index in [1.165, 1.54) is 72.0 Å². The average Bonchev–Trinajstić information content (AvgIpc) is 3.36. The molecule has 152 valence electrons. The van der Waals surface area contributed by atoms with Crippen molar-refractivity contribution in [3.8, 4) is 22.3 Å². The molecular weight excluding hydrogens is 384 g/mol. The predicted octanol–water partition coefficient (Wildman–Crippen LogP) is 8.19. The van der Waals surface area contributed by atoms with Crippen molar-refractivity contribution < 1.29 is 0 Å². The molecule has 0 nitrogen and oxygen atoms in total. The summed E-state index contributed by atoms with van der Waals surface area (Å²) >= 11 is 0. The molecule has 1 atom stereocenters. The number of rotatable bonds is 1. The summed E-state index contributed by atoms with van der Waals surface area (Å²) in [5.41, 5.74) is 15.7. The first-order valence-corrected chi connectivity index (χ1v) is 11.5. The van der Waals surface area contributed by atoms with Crippen LogP contribution in [0.25, 0.3) is 33.0 Å². The molecule has 0 heterocycles. The Balaban J connectivity index is 1.67. The maximum atomic E-state index is 2.42. The molecule has 0 amide bonds. The summed E-state index contributed by atoms with van der Waals surface area (Å²) in [4.78, 5) is 0. The first kappa shape index (κ1) is 18.0. The fraction of sp³-hybridized carbons (Fsp3) is 0.125. The Morgan fingerprint density at radius 3 is 2.19 bits per heavy atom. The molecule has 1 unspecified atom stereocenters. The molecule has 0 saturated carbocycles. The normalized spacial score (nSPS) is 15.4. The van der Waals surface area contributed by atoms with Crippen LogP contribution < -0.4 is 0 Å². The third kappa shape index (κ3) is 2.33. The van der Waals surface area contributed by atoms with Gasteiger partial charge in [0.1, 0.15) is 0 Å². The van der Waals surface area contributed by atoms with Crippen LogP contribution in [0, 0.1) is 13.8 Å². The van der Waals surface area contributed by atoms with Gasteiger partial charge < -0.3 is 0 Å². The third-order valence-electron chi connectivity index (χ3n) is 7.50. The van der Waals surface area contributed by atoms with Crippen LogP contribution in [0.5, 0.6) is 0 Å².